The first-order chi connectivity index (χ1) is 13.6. The maximum Gasteiger partial charge on any atom is 0.417 e. The van der Waals surface area contributed by atoms with Gasteiger partial charge < -0.3 is 14.4 Å². The third-order valence-electron chi connectivity index (χ3n) is 4.87. The van der Waals surface area contributed by atoms with Crippen molar-refractivity contribution in [2.45, 2.75) is 24.7 Å². The molecular weight excluding hydrogens is 421 g/mol. The average molecular weight is 434 g/mol. The van der Waals surface area contributed by atoms with Crippen LogP contribution in [0.25, 0.3) is 5.76 Å². The summed E-state index contributed by atoms with van der Waals surface area (Å²) < 4.78 is 75.1. The van der Waals surface area contributed by atoms with Crippen LogP contribution in [0.3, 0.4) is 0 Å². The smallest absolute Gasteiger partial charge is 0.417 e. The molecule has 0 saturated heterocycles. The Morgan fingerprint density at radius 2 is 2.03 bits per heavy atom. The molecule has 0 radical (unpaired) electrons. The maximum absolute atomic E-state index is 13.3. The van der Waals surface area contributed by atoms with Crippen LogP contribution in [-0.2, 0) is 15.0 Å². The molecule has 0 fully saturated rings. The molecule has 1 atom stereocenters. The van der Waals surface area contributed by atoms with Crippen LogP contribution in [0, 0.1) is 0 Å². The standard InChI is InChI=1S/C18H13ClF5N3O2/c1-28-11-2-4-17(10-3-5-25-14(19)13(10)11)8-27-7-9(18(22,23)24)6-12(15(27)26-17)29-16(20)21/h2-3,5-7,16H,4,8H2,1H3. The number of allylic oxidation sites excluding steroid dienone is 2. The molecule has 1 aliphatic carbocycles. The molecule has 1 unspecified atom stereocenters. The quantitative estimate of drug-likeness (QED) is 0.515. The van der Waals surface area contributed by atoms with Gasteiger partial charge >= 0.3 is 12.8 Å². The van der Waals surface area contributed by atoms with Gasteiger partial charge in [0.25, 0.3) is 0 Å². The van der Waals surface area contributed by atoms with Crippen molar-refractivity contribution in [3.8, 4) is 0 Å². The van der Waals surface area contributed by atoms with E-state index in [4.69, 9.17) is 16.3 Å². The summed E-state index contributed by atoms with van der Waals surface area (Å²) in [7, 11) is 1.45. The fourth-order valence-electron chi connectivity index (χ4n) is 3.68. The summed E-state index contributed by atoms with van der Waals surface area (Å²) in [5.74, 6) is -0.290. The van der Waals surface area contributed by atoms with Crippen molar-refractivity contribution in [3.05, 3.63) is 58.2 Å². The number of amidine groups is 1. The highest BCUT2D eigenvalue weighted by Crippen LogP contribution is 2.47. The molecule has 2 aliphatic heterocycles. The van der Waals surface area contributed by atoms with Crippen LogP contribution in [-0.4, -0.2) is 42.2 Å². The van der Waals surface area contributed by atoms with E-state index >= 15 is 0 Å². The molecule has 3 heterocycles. The molecule has 0 saturated carbocycles. The van der Waals surface area contributed by atoms with Crippen molar-refractivity contribution < 1.29 is 31.4 Å². The van der Waals surface area contributed by atoms with Gasteiger partial charge in [-0.05, 0) is 23.8 Å². The zero-order chi connectivity index (χ0) is 21.0. The van der Waals surface area contributed by atoms with Crippen LogP contribution < -0.4 is 0 Å². The minimum Gasteiger partial charge on any atom is -0.496 e. The van der Waals surface area contributed by atoms with E-state index in [0.29, 0.717) is 23.0 Å². The number of hydrogen-bond acceptors (Lipinski definition) is 5. The second-order valence-electron chi connectivity index (χ2n) is 6.57. The number of pyridine rings is 1. The largest absolute Gasteiger partial charge is 0.496 e. The highest BCUT2D eigenvalue weighted by Gasteiger charge is 2.48. The second kappa shape index (κ2) is 6.72. The molecule has 1 aromatic rings. The second-order valence-corrected chi connectivity index (χ2v) is 6.92. The molecule has 29 heavy (non-hydrogen) atoms. The van der Waals surface area contributed by atoms with E-state index in [1.54, 1.807) is 12.1 Å². The fourth-order valence-corrected chi connectivity index (χ4v) is 3.94. The number of aromatic nitrogens is 1. The minimum atomic E-state index is -4.74. The van der Waals surface area contributed by atoms with Gasteiger partial charge in [-0.25, -0.2) is 4.98 Å². The summed E-state index contributed by atoms with van der Waals surface area (Å²) in [6.45, 7) is -3.32. The monoisotopic (exact) mass is 433 g/mol. The minimum absolute atomic E-state index is 0.0211. The SMILES string of the molecule is COC1=CCC2(CN3C=C(C(F)(F)F)C=C(OC(F)F)C3=N2)c2ccnc(Cl)c21. The summed E-state index contributed by atoms with van der Waals surface area (Å²) in [5, 5.41) is 0.144. The highest BCUT2D eigenvalue weighted by molar-refractivity contribution is 6.31. The topological polar surface area (TPSA) is 47.0 Å². The Balaban J connectivity index is 1.84. The zero-order valence-electron chi connectivity index (χ0n) is 14.8. The van der Waals surface area contributed by atoms with E-state index in [-0.39, 0.29) is 24.0 Å². The van der Waals surface area contributed by atoms with Crippen molar-refractivity contribution in [1.29, 1.82) is 0 Å². The number of rotatable bonds is 3. The zero-order valence-corrected chi connectivity index (χ0v) is 15.6. The molecule has 0 amide bonds. The summed E-state index contributed by atoms with van der Waals surface area (Å²) in [6.07, 6.45) is 0.0379. The molecular formula is C18H13ClF5N3O2. The number of nitrogens with zero attached hydrogens (tertiary/aromatic N) is 3. The predicted octanol–water partition coefficient (Wildman–Crippen LogP) is 4.62. The number of methoxy groups -OCH3 is 1. The normalized spacial score (nSPS) is 23.2. The van der Waals surface area contributed by atoms with Crippen LogP contribution in [0.2, 0.25) is 5.15 Å². The average Bonchev–Trinajstić information content (AvgIpc) is 3.01. The van der Waals surface area contributed by atoms with Crippen LogP contribution in [0.5, 0.6) is 0 Å². The lowest BCUT2D eigenvalue weighted by Gasteiger charge is -2.33. The first kappa shape index (κ1) is 19.7. The van der Waals surface area contributed by atoms with Gasteiger partial charge in [0.05, 0.1) is 24.8 Å². The lowest BCUT2D eigenvalue weighted by Crippen LogP contribution is -2.36. The lowest BCUT2D eigenvalue weighted by atomic mass is 9.80. The predicted molar refractivity (Wildman–Crippen MR) is 94.0 cm³/mol. The van der Waals surface area contributed by atoms with Crippen molar-refractivity contribution in [2.75, 3.05) is 13.7 Å². The third kappa shape index (κ3) is 3.25. The number of halogens is 6. The van der Waals surface area contributed by atoms with Crippen LogP contribution in [0.1, 0.15) is 17.5 Å². The van der Waals surface area contributed by atoms with Crippen LogP contribution in [0.15, 0.2) is 46.9 Å². The van der Waals surface area contributed by atoms with E-state index in [0.717, 1.165) is 6.20 Å². The van der Waals surface area contributed by atoms with E-state index in [1.807, 2.05) is 0 Å². The van der Waals surface area contributed by atoms with Crippen LogP contribution in [0.4, 0.5) is 22.0 Å². The van der Waals surface area contributed by atoms with Gasteiger partial charge in [0, 0.05) is 18.8 Å². The summed E-state index contributed by atoms with van der Waals surface area (Å²) in [6, 6.07) is 1.64. The molecule has 1 aromatic heterocycles. The maximum atomic E-state index is 13.3. The fraction of sp³-hybridized carbons (Fsp3) is 0.333. The van der Waals surface area contributed by atoms with E-state index < -0.39 is 29.7 Å². The molecule has 5 nitrogen and oxygen atoms in total. The molecule has 0 bridgehead atoms. The van der Waals surface area contributed by atoms with Gasteiger partial charge in [0.15, 0.2) is 11.6 Å². The Labute approximate surface area is 166 Å². The Morgan fingerprint density at radius 1 is 1.28 bits per heavy atom. The lowest BCUT2D eigenvalue weighted by molar-refractivity contribution is -0.0981. The Hall–Kier alpha value is -2.62. The summed E-state index contributed by atoms with van der Waals surface area (Å²) >= 11 is 6.22. The van der Waals surface area contributed by atoms with E-state index in [1.165, 1.54) is 18.2 Å². The number of ether oxygens (including phenoxy) is 2. The third-order valence-corrected chi connectivity index (χ3v) is 5.15. The van der Waals surface area contributed by atoms with Crippen molar-refractivity contribution in [3.63, 3.8) is 0 Å². The number of aliphatic imine (C=N–C) groups is 1. The van der Waals surface area contributed by atoms with Crippen molar-refractivity contribution >= 4 is 23.2 Å². The van der Waals surface area contributed by atoms with Gasteiger partial charge in [0.1, 0.15) is 16.5 Å². The Morgan fingerprint density at radius 3 is 2.69 bits per heavy atom. The van der Waals surface area contributed by atoms with E-state index in [9.17, 15) is 22.0 Å². The molecule has 11 heteroatoms. The van der Waals surface area contributed by atoms with Gasteiger partial charge in [0.2, 0.25) is 0 Å². The van der Waals surface area contributed by atoms with Gasteiger partial charge in [-0.1, -0.05) is 11.6 Å². The summed E-state index contributed by atoms with van der Waals surface area (Å²) in [4.78, 5) is 9.71. The Bertz CT molecular complexity index is 986. The van der Waals surface area contributed by atoms with Crippen molar-refractivity contribution in [1.82, 2.24) is 9.88 Å². The van der Waals surface area contributed by atoms with Gasteiger partial charge in [-0.2, -0.15) is 22.0 Å². The van der Waals surface area contributed by atoms with Crippen molar-refractivity contribution in [2.24, 2.45) is 4.99 Å². The highest BCUT2D eigenvalue weighted by atomic mass is 35.5. The molecule has 0 aromatic carbocycles. The molecule has 154 valence electrons. The molecule has 3 aliphatic rings. The van der Waals surface area contributed by atoms with E-state index in [2.05, 4.69) is 14.7 Å². The first-order valence-electron chi connectivity index (χ1n) is 8.36. The first-order valence-corrected chi connectivity index (χ1v) is 8.74. The number of fused-ring (bicyclic) bond motifs is 3. The van der Waals surface area contributed by atoms with Gasteiger partial charge in [-0.3, -0.25) is 4.99 Å². The summed E-state index contributed by atoms with van der Waals surface area (Å²) in [5.41, 5.74) is -1.12. The van der Waals surface area contributed by atoms with Gasteiger partial charge in [-0.15, -0.1) is 0 Å². The van der Waals surface area contributed by atoms with Crippen LogP contribution >= 0.6 is 11.6 Å². The molecule has 4 rings (SSSR count). The molecule has 0 N–H and O–H groups in total. The molecule has 1 spiro atoms. The number of alkyl halides is 5. The number of hydrogen-bond donors (Lipinski definition) is 0. The Kier molecular flexibility index (Phi) is 4.56.